The first kappa shape index (κ1) is 17.8. The van der Waals surface area contributed by atoms with Crippen LogP contribution in [-0.2, 0) is 23.8 Å². The molecule has 2 rings (SSSR count). The van der Waals surface area contributed by atoms with Gasteiger partial charge in [-0.25, -0.2) is 4.98 Å². The van der Waals surface area contributed by atoms with Crippen molar-refractivity contribution in [2.24, 2.45) is 0 Å². The first-order valence-corrected chi connectivity index (χ1v) is 8.11. The number of nitrogens with one attached hydrogen (secondary N) is 1. The van der Waals surface area contributed by atoms with Gasteiger partial charge in [-0.05, 0) is 35.0 Å². The Morgan fingerprint density at radius 2 is 2.09 bits per heavy atom. The van der Waals surface area contributed by atoms with Crippen LogP contribution in [0.15, 0.2) is 22.8 Å². The molecule has 1 aromatic rings. The SMILES string of the molecule is CC1(CCOC(=O)CCC(=O)Nc2ccc(Br)cn2)OCCO1. The Labute approximate surface area is 142 Å². The van der Waals surface area contributed by atoms with E-state index in [0.717, 1.165) is 4.47 Å². The average Bonchev–Trinajstić information content (AvgIpc) is 2.94. The third kappa shape index (κ3) is 6.25. The second-order valence-electron chi connectivity index (χ2n) is 5.21. The highest BCUT2D eigenvalue weighted by Gasteiger charge is 2.30. The van der Waals surface area contributed by atoms with Gasteiger partial charge in [-0.2, -0.15) is 0 Å². The van der Waals surface area contributed by atoms with Crippen LogP contribution in [-0.4, -0.2) is 42.5 Å². The van der Waals surface area contributed by atoms with Crippen molar-refractivity contribution in [1.29, 1.82) is 0 Å². The van der Waals surface area contributed by atoms with Gasteiger partial charge in [0.2, 0.25) is 5.91 Å². The Hall–Kier alpha value is -1.51. The number of halogens is 1. The van der Waals surface area contributed by atoms with E-state index in [4.69, 9.17) is 14.2 Å². The van der Waals surface area contributed by atoms with Crippen LogP contribution in [0.2, 0.25) is 0 Å². The summed E-state index contributed by atoms with van der Waals surface area (Å²) in [5, 5.41) is 2.61. The van der Waals surface area contributed by atoms with Crippen molar-refractivity contribution in [1.82, 2.24) is 4.98 Å². The van der Waals surface area contributed by atoms with E-state index in [1.54, 1.807) is 18.3 Å². The molecule has 7 nitrogen and oxygen atoms in total. The molecule has 1 aliphatic rings. The van der Waals surface area contributed by atoms with Crippen molar-refractivity contribution < 1.29 is 23.8 Å². The summed E-state index contributed by atoms with van der Waals surface area (Å²) in [6, 6.07) is 3.44. The molecule has 1 N–H and O–H groups in total. The number of carbonyl (C=O) groups excluding carboxylic acids is 2. The molecule has 126 valence electrons. The second-order valence-corrected chi connectivity index (χ2v) is 6.13. The highest BCUT2D eigenvalue weighted by Crippen LogP contribution is 2.22. The molecule has 1 amide bonds. The summed E-state index contributed by atoms with van der Waals surface area (Å²) in [7, 11) is 0. The van der Waals surface area contributed by atoms with Gasteiger partial charge in [0.25, 0.3) is 0 Å². The molecule has 0 unspecified atom stereocenters. The van der Waals surface area contributed by atoms with E-state index in [0.29, 0.717) is 25.5 Å². The van der Waals surface area contributed by atoms with E-state index in [1.807, 2.05) is 6.92 Å². The van der Waals surface area contributed by atoms with E-state index in [-0.39, 0.29) is 25.4 Å². The Morgan fingerprint density at radius 3 is 2.74 bits per heavy atom. The number of esters is 1. The van der Waals surface area contributed by atoms with E-state index >= 15 is 0 Å². The number of aromatic nitrogens is 1. The van der Waals surface area contributed by atoms with Crippen molar-refractivity contribution in [3.8, 4) is 0 Å². The highest BCUT2D eigenvalue weighted by molar-refractivity contribution is 9.10. The Balaban J connectivity index is 1.61. The fourth-order valence-electron chi connectivity index (χ4n) is 1.99. The molecule has 23 heavy (non-hydrogen) atoms. The van der Waals surface area contributed by atoms with Crippen molar-refractivity contribution in [3.63, 3.8) is 0 Å². The summed E-state index contributed by atoms with van der Waals surface area (Å²) in [6.45, 7) is 3.11. The third-order valence-corrected chi connectivity index (χ3v) is 3.74. The van der Waals surface area contributed by atoms with Crippen LogP contribution in [0.5, 0.6) is 0 Å². The maximum atomic E-state index is 11.7. The molecule has 0 bridgehead atoms. The number of pyridine rings is 1. The molecule has 1 aliphatic heterocycles. The third-order valence-electron chi connectivity index (χ3n) is 3.27. The van der Waals surface area contributed by atoms with Gasteiger partial charge in [-0.3, -0.25) is 9.59 Å². The lowest BCUT2D eigenvalue weighted by Crippen LogP contribution is -2.28. The lowest BCUT2D eigenvalue weighted by molar-refractivity contribution is -0.164. The minimum absolute atomic E-state index is 0.0147. The Bertz CT molecular complexity index is 543. The molecule has 1 aromatic heterocycles. The molecule has 0 aromatic carbocycles. The van der Waals surface area contributed by atoms with Crippen molar-refractivity contribution in [2.75, 3.05) is 25.1 Å². The van der Waals surface area contributed by atoms with E-state index in [1.165, 1.54) is 0 Å². The molecule has 0 spiro atoms. The smallest absolute Gasteiger partial charge is 0.306 e. The molecule has 0 aliphatic carbocycles. The zero-order valence-corrected chi connectivity index (χ0v) is 14.4. The lowest BCUT2D eigenvalue weighted by atomic mass is 10.2. The molecular formula is C15H19BrN2O5. The van der Waals surface area contributed by atoms with Crippen molar-refractivity contribution in [2.45, 2.75) is 32.0 Å². The number of anilines is 1. The topological polar surface area (TPSA) is 86.8 Å². The molecule has 1 fully saturated rings. The van der Waals surface area contributed by atoms with E-state index in [9.17, 15) is 9.59 Å². The molecule has 8 heteroatoms. The van der Waals surface area contributed by atoms with Gasteiger partial charge in [-0.1, -0.05) is 0 Å². The van der Waals surface area contributed by atoms with Crippen LogP contribution < -0.4 is 5.32 Å². The van der Waals surface area contributed by atoms with Crippen LogP contribution in [0.1, 0.15) is 26.2 Å². The zero-order valence-electron chi connectivity index (χ0n) is 12.8. The monoisotopic (exact) mass is 386 g/mol. The minimum atomic E-state index is -0.676. The molecular weight excluding hydrogens is 368 g/mol. The molecule has 0 atom stereocenters. The number of amides is 1. The van der Waals surface area contributed by atoms with Gasteiger partial charge in [0.1, 0.15) is 5.82 Å². The predicted octanol–water partition coefficient (Wildman–Crippen LogP) is 2.26. The number of hydrogen-bond donors (Lipinski definition) is 1. The molecule has 0 radical (unpaired) electrons. The van der Waals surface area contributed by atoms with E-state index < -0.39 is 11.8 Å². The molecule has 1 saturated heterocycles. The Kier molecular flexibility index (Phi) is 6.49. The fraction of sp³-hybridized carbons (Fsp3) is 0.533. The summed E-state index contributed by atoms with van der Waals surface area (Å²) >= 11 is 3.26. The second kappa shape index (κ2) is 8.37. The van der Waals surface area contributed by atoms with Gasteiger partial charge in [0, 0.05) is 23.5 Å². The van der Waals surface area contributed by atoms with E-state index in [2.05, 4.69) is 26.2 Å². The number of nitrogens with zero attached hydrogens (tertiary/aromatic N) is 1. The maximum Gasteiger partial charge on any atom is 0.306 e. The van der Waals surface area contributed by atoms with Crippen LogP contribution >= 0.6 is 15.9 Å². The summed E-state index contributed by atoms with van der Waals surface area (Å²) in [6.07, 6.45) is 2.10. The summed E-state index contributed by atoms with van der Waals surface area (Å²) in [4.78, 5) is 27.4. The fourth-order valence-corrected chi connectivity index (χ4v) is 2.23. The van der Waals surface area contributed by atoms with Crippen molar-refractivity contribution >= 4 is 33.6 Å². The maximum absolute atomic E-state index is 11.7. The average molecular weight is 387 g/mol. The number of carbonyl (C=O) groups is 2. The van der Waals surface area contributed by atoms with Gasteiger partial charge in [0.15, 0.2) is 5.79 Å². The number of rotatable bonds is 7. The highest BCUT2D eigenvalue weighted by atomic mass is 79.9. The summed E-state index contributed by atoms with van der Waals surface area (Å²) in [5.74, 6) is -0.947. The van der Waals surface area contributed by atoms with Gasteiger partial charge >= 0.3 is 5.97 Å². The van der Waals surface area contributed by atoms with Crippen LogP contribution in [0.4, 0.5) is 5.82 Å². The normalized spacial score (nSPS) is 16.1. The molecule has 2 heterocycles. The van der Waals surface area contributed by atoms with Gasteiger partial charge < -0.3 is 19.5 Å². The first-order valence-electron chi connectivity index (χ1n) is 7.32. The lowest BCUT2D eigenvalue weighted by Gasteiger charge is -2.21. The van der Waals surface area contributed by atoms with Gasteiger partial charge in [0.05, 0.1) is 26.2 Å². The van der Waals surface area contributed by atoms with Crippen molar-refractivity contribution in [3.05, 3.63) is 22.8 Å². The zero-order chi connectivity index (χ0) is 16.7. The summed E-state index contributed by atoms with van der Waals surface area (Å²) < 4.78 is 16.7. The summed E-state index contributed by atoms with van der Waals surface area (Å²) in [5.41, 5.74) is 0. The number of ether oxygens (including phenoxy) is 3. The predicted molar refractivity (Wildman–Crippen MR) is 85.7 cm³/mol. The standard InChI is InChI=1S/C15H19BrN2O5/c1-15(22-8-9-23-15)6-7-21-14(20)5-4-13(19)18-12-3-2-11(16)10-17-12/h2-3,10H,4-9H2,1H3,(H,17,18,19). The largest absolute Gasteiger partial charge is 0.465 e. The van der Waals surface area contributed by atoms with Crippen LogP contribution in [0.3, 0.4) is 0 Å². The Morgan fingerprint density at radius 1 is 1.35 bits per heavy atom. The van der Waals surface area contributed by atoms with Crippen LogP contribution in [0.25, 0.3) is 0 Å². The quantitative estimate of drug-likeness (QED) is 0.723. The molecule has 0 saturated carbocycles. The minimum Gasteiger partial charge on any atom is -0.465 e. The first-order chi connectivity index (χ1) is 11.0. The van der Waals surface area contributed by atoms with Gasteiger partial charge in [-0.15, -0.1) is 0 Å². The van der Waals surface area contributed by atoms with Crippen LogP contribution in [0, 0.1) is 0 Å². The number of hydrogen-bond acceptors (Lipinski definition) is 6.